The maximum atomic E-state index is 11.4. The average Bonchev–Trinajstić information content (AvgIpc) is 1.61. The largest absolute Gasteiger partial charge is 0.239 e. The molecule has 0 bridgehead atoms. The zero-order valence-corrected chi connectivity index (χ0v) is 3.07. The second-order valence-corrected chi connectivity index (χ2v) is 1.27. The van der Waals surface area contributed by atoms with Gasteiger partial charge >= 0.3 is 0 Å². The molecule has 1 rings (SSSR count). The molecular formula is C4H4F2. The van der Waals surface area contributed by atoms with Crippen LogP contribution in [0.25, 0.3) is 0 Å². The molecule has 0 amide bonds. The van der Waals surface area contributed by atoms with Gasteiger partial charge in [-0.1, -0.05) is 0 Å². The molecule has 0 radical (unpaired) electrons. The number of hydrogen-bond acceptors (Lipinski definition) is 0. The van der Waals surface area contributed by atoms with Crippen molar-refractivity contribution in [3.63, 3.8) is 0 Å². The van der Waals surface area contributed by atoms with Gasteiger partial charge in [0.2, 0.25) is 0 Å². The molecule has 0 spiro atoms. The van der Waals surface area contributed by atoms with E-state index in [4.69, 9.17) is 0 Å². The van der Waals surface area contributed by atoms with Crippen LogP contribution in [-0.4, -0.2) is 12.3 Å². The molecule has 0 aromatic rings. The summed E-state index contributed by atoms with van der Waals surface area (Å²) < 4.78 is 22.9. The lowest BCUT2D eigenvalue weighted by atomic mass is 10.1. The molecule has 0 aliphatic heterocycles. The van der Waals surface area contributed by atoms with Crippen molar-refractivity contribution in [1.82, 2.24) is 0 Å². The first kappa shape index (κ1) is 3.78. The first-order chi connectivity index (χ1) is 2.80. The van der Waals surface area contributed by atoms with Crippen LogP contribution < -0.4 is 0 Å². The summed E-state index contributed by atoms with van der Waals surface area (Å²) in [6.07, 6.45) is -0.231. The van der Waals surface area contributed by atoms with E-state index >= 15 is 0 Å². The van der Waals surface area contributed by atoms with Crippen LogP contribution in [0.15, 0.2) is 12.2 Å². The predicted octanol–water partition coefficient (Wildman–Crippen LogP) is 1.23. The van der Waals surface area contributed by atoms with E-state index in [1.807, 2.05) is 0 Å². The van der Waals surface area contributed by atoms with Gasteiger partial charge in [-0.05, 0) is 12.2 Å². The fraction of sp³-hybridized carbons (Fsp3) is 0.500. The standard InChI is InChI=1S/C4H4F2/c5-3-1-2-4(3)6/h1-4H/t3-,4+. The molecule has 0 nitrogen and oxygen atoms in total. The van der Waals surface area contributed by atoms with Crippen molar-refractivity contribution in [3.8, 4) is 0 Å². The Bertz CT molecular complexity index is 67.6. The van der Waals surface area contributed by atoms with Crippen molar-refractivity contribution in [2.75, 3.05) is 0 Å². The molecule has 2 atom stereocenters. The third-order valence-electron chi connectivity index (χ3n) is 0.783. The van der Waals surface area contributed by atoms with E-state index in [1.165, 1.54) is 12.2 Å². The summed E-state index contributed by atoms with van der Waals surface area (Å²) >= 11 is 0. The van der Waals surface area contributed by atoms with Crippen molar-refractivity contribution < 1.29 is 8.78 Å². The normalized spacial score (nSPS) is 42.3. The van der Waals surface area contributed by atoms with Gasteiger partial charge in [0.25, 0.3) is 0 Å². The summed E-state index contributed by atoms with van der Waals surface area (Å²) in [6, 6.07) is 0. The average molecular weight is 90.1 g/mol. The lowest BCUT2D eigenvalue weighted by Gasteiger charge is -2.11. The smallest absolute Gasteiger partial charge is 0.153 e. The van der Waals surface area contributed by atoms with Gasteiger partial charge in [-0.25, -0.2) is 8.78 Å². The Morgan fingerprint density at radius 3 is 1.33 bits per heavy atom. The van der Waals surface area contributed by atoms with E-state index < -0.39 is 12.3 Å². The lowest BCUT2D eigenvalue weighted by molar-refractivity contribution is 0.220. The summed E-state index contributed by atoms with van der Waals surface area (Å²) in [5, 5.41) is 0. The molecule has 0 unspecified atom stereocenters. The number of halogens is 2. The molecule has 6 heavy (non-hydrogen) atoms. The van der Waals surface area contributed by atoms with Crippen LogP contribution >= 0.6 is 0 Å². The molecule has 0 heterocycles. The minimum atomic E-state index is -1.31. The van der Waals surface area contributed by atoms with Crippen molar-refractivity contribution in [3.05, 3.63) is 12.2 Å². The molecule has 1 aliphatic rings. The Morgan fingerprint density at radius 1 is 1.00 bits per heavy atom. The Kier molecular flexibility index (Phi) is 0.650. The van der Waals surface area contributed by atoms with Gasteiger partial charge in [0.1, 0.15) is 0 Å². The maximum absolute atomic E-state index is 11.4. The Labute approximate surface area is 34.5 Å². The molecule has 0 fully saturated rings. The highest BCUT2D eigenvalue weighted by atomic mass is 19.2. The van der Waals surface area contributed by atoms with Crippen molar-refractivity contribution in [2.24, 2.45) is 0 Å². The van der Waals surface area contributed by atoms with Crippen LogP contribution in [0.1, 0.15) is 0 Å². The second kappa shape index (κ2) is 1.03. The van der Waals surface area contributed by atoms with Crippen LogP contribution in [0.3, 0.4) is 0 Å². The molecule has 0 saturated heterocycles. The molecule has 0 N–H and O–H groups in total. The fourth-order valence-corrected chi connectivity index (χ4v) is 0.279. The molecule has 0 saturated carbocycles. The zero-order valence-electron chi connectivity index (χ0n) is 3.07. The fourth-order valence-electron chi connectivity index (χ4n) is 0.279. The highest BCUT2D eigenvalue weighted by molar-refractivity contribution is 5.11. The van der Waals surface area contributed by atoms with Crippen LogP contribution in [0.5, 0.6) is 0 Å². The number of rotatable bonds is 0. The van der Waals surface area contributed by atoms with Gasteiger partial charge in [0.05, 0.1) is 0 Å². The molecule has 1 aliphatic carbocycles. The van der Waals surface area contributed by atoms with E-state index in [-0.39, 0.29) is 0 Å². The number of alkyl halides is 2. The highest BCUT2D eigenvalue weighted by Gasteiger charge is 2.21. The minimum absolute atomic E-state index is 1.20. The van der Waals surface area contributed by atoms with Crippen LogP contribution in [0.2, 0.25) is 0 Å². The quantitative estimate of drug-likeness (QED) is 0.392. The topological polar surface area (TPSA) is 0 Å². The van der Waals surface area contributed by atoms with E-state index in [2.05, 4.69) is 0 Å². The number of allylic oxidation sites excluding steroid dienone is 2. The van der Waals surface area contributed by atoms with E-state index in [9.17, 15) is 8.78 Å². The van der Waals surface area contributed by atoms with E-state index in [0.717, 1.165) is 0 Å². The Morgan fingerprint density at radius 2 is 1.33 bits per heavy atom. The zero-order chi connectivity index (χ0) is 4.57. The Balaban J connectivity index is 2.45. The molecular weight excluding hydrogens is 86.0 g/mol. The van der Waals surface area contributed by atoms with Crippen molar-refractivity contribution >= 4 is 0 Å². The van der Waals surface area contributed by atoms with Gasteiger partial charge in [-0.15, -0.1) is 0 Å². The summed E-state index contributed by atoms with van der Waals surface area (Å²) in [7, 11) is 0. The minimum Gasteiger partial charge on any atom is -0.239 e. The first-order valence-corrected chi connectivity index (χ1v) is 1.77. The Hall–Kier alpha value is -0.400. The maximum Gasteiger partial charge on any atom is 0.153 e. The monoisotopic (exact) mass is 90.0 g/mol. The van der Waals surface area contributed by atoms with Crippen LogP contribution in [0.4, 0.5) is 8.78 Å². The second-order valence-electron chi connectivity index (χ2n) is 1.27. The molecule has 0 aromatic heterocycles. The lowest BCUT2D eigenvalue weighted by Crippen LogP contribution is -2.19. The van der Waals surface area contributed by atoms with Gasteiger partial charge in [0.15, 0.2) is 12.3 Å². The summed E-state index contributed by atoms with van der Waals surface area (Å²) in [4.78, 5) is 0. The third kappa shape index (κ3) is 0.329. The van der Waals surface area contributed by atoms with Gasteiger partial charge in [-0.3, -0.25) is 0 Å². The van der Waals surface area contributed by atoms with E-state index in [0.29, 0.717) is 0 Å². The van der Waals surface area contributed by atoms with Gasteiger partial charge in [0, 0.05) is 0 Å². The summed E-state index contributed by atoms with van der Waals surface area (Å²) in [5.74, 6) is 0. The number of hydrogen-bond donors (Lipinski definition) is 0. The van der Waals surface area contributed by atoms with Crippen LogP contribution in [0, 0.1) is 0 Å². The van der Waals surface area contributed by atoms with E-state index in [1.54, 1.807) is 0 Å². The van der Waals surface area contributed by atoms with Crippen LogP contribution in [-0.2, 0) is 0 Å². The van der Waals surface area contributed by atoms with Gasteiger partial charge in [-0.2, -0.15) is 0 Å². The van der Waals surface area contributed by atoms with Crippen molar-refractivity contribution in [1.29, 1.82) is 0 Å². The summed E-state index contributed by atoms with van der Waals surface area (Å²) in [5.41, 5.74) is 0. The predicted molar refractivity (Wildman–Crippen MR) is 18.9 cm³/mol. The molecule has 2 heteroatoms. The van der Waals surface area contributed by atoms with Gasteiger partial charge < -0.3 is 0 Å². The first-order valence-electron chi connectivity index (χ1n) is 1.77. The third-order valence-corrected chi connectivity index (χ3v) is 0.783. The summed E-state index contributed by atoms with van der Waals surface area (Å²) in [6.45, 7) is 0. The molecule has 0 aromatic carbocycles. The SMILES string of the molecule is F[C@@H]1C=C[C@@H]1F. The highest BCUT2D eigenvalue weighted by Crippen LogP contribution is 2.15. The van der Waals surface area contributed by atoms with Crippen molar-refractivity contribution in [2.45, 2.75) is 12.3 Å². The molecule has 34 valence electrons.